The lowest BCUT2D eigenvalue weighted by Crippen LogP contribution is -2.22. The van der Waals surface area contributed by atoms with Crippen molar-refractivity contribution in [1.29, 1.82) is 0 Å². The molecule has 1 amide bonds. The highest BCUT2D eigenvalue weighted by atomic mass is 79.9. The molecule has 1 aromatic carbocycles. The van der Waals surface area contributed by atoms with E-state index in [0.717, 1.165) is 12.1 Å². The zero-order valence-corrected chi connectivity index (χ0v) is 11.4. The van der Waals surface area contributed by atoms with Crippen LogP contribution in [-0.2, 0) is 17.5 Å². The number of benzene rings is 1. The molecule has 100 valence electrons. The van der Waals surface area contributed by atoms with Gasteiger partial charge in [0.15, 0.2) is 0 Å². The molecule has 0 bridgehead atoms. The van der Waals surface area contributed by atoms with Crippen LogP contribution in [-0.4, -0.2) is 5.91 Å². The molecule has 0 aliphatic rings. The lowest BCUT2D eigenvalue weighted by Gasteiger charge is -2.11. The second-order valence-corrected chi connectivity index (χ2v) is 4.69. The molecule has 0 saturated carbocycles. The number of nitrogens with one attached hydrogen (secondary N) is 1. The molecule has 0 unspecified atom stereocenters. The Morgan fingerprint density at radius 3 is 2.61 bits per heavy atom. The van der Waals surface area contributed by atoms with Crippen molar-refractivity contribution in [1.82, 2.24) is 5.32 Å². The van der Waals surface area contributed by atoms with Gasteiger partial charge in [0.05, 0.1) is 5.56 Å². The van der Waals surface area contributed by atoms with Gasteiger partial charge in [0.25, 0.3) is 0 Å². The highest BCUT2D eigenvalue weighted by Gasteiger charge is 2.30. The molecule has 1 N–H and O–H groups in total. The van der Waals surface area contributed by atoms with Crippen LogP contribution in [0.3, 0.4) is 0 Å². The molecule has 0 aliphatic carbocycles. The molecule has 0 radical (unpaired) electrons. The third-order valence-corrected chi connectivity index (χ3v) is 3.10. The van der Waals surface area contributed by atoms with Crippen LogP contribution in [0, 0.1) is 0 Å². The highest BCUT2D eigenvalue weighted by Crippen LogP contribution is 2.31. The predicted octanol–water partition coefficient (Wildman–Crippen LogP) is 3.88. The Kier molecular flexibility index (Phi) is 5.19. The van der Waals surface area contributed by atoms with E-state index in [2.05, 4.69) is 21.2 Å². The van der Waals surface area contributed by atoms with Crippen LogP contribution in [0.1, 0.15) is 30.9 Å². The van der Waals surface area contributed by atoms with Gasteiger partial charge in [-0.15, -0.1) is 0 Å². The van der Waals surface area contributed by atoms with Gasteiger partial charge in [0, 0.05) is 17.4 Å². The van der Waals surface area contributed by atoms with Gasteiger partial charge >= 0.3 is 6.18 Å². The first kappa shape index (κ1) is 15.0. The van der Waals surface area contributed by atoms with Crippen LogP contribution < -0.4 is 5.32 Å². The lowest BCUT2D eigenvalue weighted by atomic mass is 10.1. The van der Waals surface area contributed by atoms with Gasteiger partial charge < -0.3 is 5.32 Å². The molecular weight excluding hydrogens is 311 g/mol. The summed E-state index contributed by atoms with van der Waals surface area (Å²) in [6.45, 7) is 1.95. The van der Waals surface area contributed by atoms with Gasteiger partial charge in [-0.25, -0.2) is 0 Å². The molecule has 0 saturated heterocycles. The van der Waals surface area contributed by atoms with E-state index >= 15 is 0 Å². The van der Waals surface area contributed by atoms with Crippen LogP contribution in [0.15, 0.2) is 22.7 Å². The van der Waals surface area contributed by atoms with Gasteiger partial charge in [0.1, 0.15) is 0 Å². The van der Waals surface area contributed by atoms with E-state index in [4.69, 9.17) is 0 Å². The van der Waals surface area contributed by atoms with E-state index in [1.54, 1.807) is 0 Å². The second kappa shape index (κ2) is 6.22. The minimum atomic E-state index is -4.37. The first-order valence-electron chi connectivity index (χ1n) is 5.47. The number of rotatable bonds is 4. The summed E-state index contributed by atoms with van der Waals surface area (Å²) in [6, 6.07) is 3.38. The fourth-order valence-electron chi connectivity index (χ4n) is 1.40. The molecule has 0 spiro atoms. The number of hydrogen-bond acceptors (Lipinski definition) is 1. The van der Waals surface area contributed by atoms with Crippen molar-refractivity contribution in [2.75, 3.05) is 0 Å². The van der Waals surface area contributed by atoms with Gasteiger partial charge in [0.2, 0.25) is 5.91 Å². The predicted molar refractivity (Wildman–Crippen MR) is 65.9 cm³/mol. The van der Waals surface area contributed by atoms with Crippen molar-refractivity contribution in [3.05, 3.63) is 33.8 Å². The molecule has 2 nitrogen and oxygen atoms in total. The van der Waals surface area contributed by atoms with E-state index in [-0.39, 0.29) is 12.5 Å². The topological polar surface area (TPSA) is 29.1 Å². The molecule has 0 aliphatic heterocycles. The molecule has 18 heavy (non-hydrogen) atoms. The van der Waals surface area contributed by atoms with E-state index in [9.17, 15) is 18.0 Å². The summed E-state index contributed by atoms with van der Waals surface area (Å²) < 4.78 is 38.1. The maximum absolute atomic E-state index is 12.5. The van der Waals surface area contributed by atoms with E-state index < -0.39 is 11.7 Å². The van der Waals surface area contributed by atoms with Crippen LogP contribution >= 0.6 is 15.9 Å². The summed E-state index contributed by atoms with van der Waals surface area (Å²) >= 11 is 3.17. The first-order chi connectivity index (χ1) is 8.34. The molecule has 0 heterocycles. The summed E-state index contributed by atoms with van der Waals surface area (Å²) in [5, 5.41) is 2.58. The van der Waals surface area contributed by atoms with Crippen molar-refractivity contribution >= 4 is 21.8 Å². The molecule has 6 heteroatoms. The van der Waals surface area contributed by atoms with Gasteiger partial charge in [-0.3, -0.25) is 4.79 Å². The molecule has 0 fully saturated rings. The van der Waals surface area contributed by atoms with E-state index in [1.807, 2.05) is 6.92 Å². The fraction of sp³-hybridized carbons (Fsp3) is 0.417. The van der Waals surface area contributed by atoms with Crippen molar-refractivity contribution < 1.29 is 18.0 Å². The lowest BCUT2D eigenvalue weighted by molar-refractivity contribution is -0.137. The number of alkyl halides is 3. The second-order valence-electron chi connectivity index (χ2n) is 3.83. The summed E-state index contributed by atoms with van der Waals surface area (Å²) in [7, 11) is 0. The Hall–Kier alpha value is -1.04. The van der Waals surface area contributed by atoms with Crippen molar-refractivity contribution in [3.63, 3.8) is 0 Å². The quantitative estimate of drug-likeness (QED) is 0.895. The zero-order valence-electron chi connectivity index (χ0n) is 9.77. The first-order valence-corrected chi connectivity index (χ1v) is 6.26. The maximum Gasteiger partial charge on any atom is 0.416 e. The van der Waals surface area contributed by atoms with Gasteiger partial charge in [-0.1, -0.05) is 22.9 Å². The number of halogens is 4. The Morgan fingerprint density at radius 1 is 1.39 bits per heavy atom. The van der Waals surface area contributed by atoms with E-state index in [1.165, 1.54) is 6.07 Å². The third kappa shape index (κ3) is 4.33. The van der Waals surface area contributed by atoms with E-state index in [0.29, 0.717) is 22.9 Å². The average molecular weight is 324 g/mol. The molecule has 1 aromatic rings. The highest BCUT2D eigenvalue weighted by molar-refractivity contribution is 9.10. The number of carbonyl (C=O) groups excluding carboxylic acids is 1. The summed E-state index contributed by atoms with van der Waals surface area (Å²) in [5.74, 6) is -0.165. The zero-order chi connectivity index (χ0) is 13.8. The fourth-order valence-corrected chi connectivity index (χ4v) is 1.78. The summed E-state index contributed by atoms with van der Waals surface area (Å²) in [5.41, 5.74) is -0.306. The molecular formula is C12H13BrF3NO. The minimum Gasteiger partial charge on any atom is -0.352 e. The van der Waals surface area contributed by atoms with Gasteiger partial charge in [-0.05, 0) is 30.2 Å². The third-order valence-electron chi connectivity index (χ3n) is 2.33. The number of carbonyl (C=O) groups is 1. The Bertz CT molecular complexity index is 432. The van der Waals surface area contributed by atoms with Crippen LogP contribution in [0.2, 0.25) is 0 Å². The van der Waals surface area contributed by atoms with Crippen molar-refractivity contribution in [2.24, 2.45) is 0 Å². The average Bonchev–Trinajstić information content (AvgIpc) is 2.26. The van der Waals surface area contributed by atoms with Crippen molar-refractivity contribution in [2.45, 2.75) is 32.5 Å². The minimum absolute atomic E-state index is 0.0866. The SMILES string of the molecule is CCCC(=O)NCc1cc(C(F)(F)F)ccc1Br. The van der Waals surface area contributed by atoms with Gasteiger partial charge in [-0.2, -0.15) is 13.2 Å². The molecule has 1 rings (SSSR count). The maximum atomic E-state index is 12.5. The van der Waals surface area contributed by atoms with Crippen LogP contribution in [0.25, 0.3) is 0 Å². The summed E-state index contributed by atoms with van der Waals surface area (Å²) in [6.07, 6.45) is -3.30. The standard InChI is InChI=1S/C12H13BrF3NO/c1-2-3-11(18)17-7-8-6-9(12(14,15)16)4-5-10(8)13/h4-6H,2-3,7H2,1H3,(H,17,18). The van der Waals surface area contributed by atoms with Crippen molar-refractivity contribution in [3.8, 4) is 0 Å². The molecule has 0 aromatic heterocycles. The summed E-state index contributed by atoms with van der Waals surface area (Å²) in [4.78, 5) is 11.3. The monoisotopic (exact) mass is 323 g/mol. The smallest absolute Gasteiger partial charge is 0.352 e. The molecule has 0 atom stereocenters. The Balaban J connectivity index is 2.79. The Morgan fingerprint density at radius 2 is 2.06 bits per heavy atom. The van der Waals surface area contributed by atoms with Crippen LogP contribution in [0.4, 0.5) is 13.2 Å². The van der Waals surface area contributed by atoms with Crippen LogP contribution in [0.5, 0.6) is 0 Å². The largest absolute Gasteiger partial charge is 0.416 e. The Labute approximate surface area is 112 Å². The number of amides is 1. The number of hydrogen-bond donors (Lipinski definition) is 1. The normalized spacial score (nSPS) is 11.4.